The Morgan fingerprint density at radius 2 is 2.06 bits per heavy atom. The molecule has 0 saturated heterocycles. The van der Waals surface area contributed by atoms with Crippen molar-refractivity contribution in [2.45, 2.75) is 32.1 Å². The Labute approximate surface area is 115 Å². The lowest BCUT2D eigenvalue weighted by atomic mass is 10.1. The first kappa shape index (κ1) is 13.7. The van der Waals surface area contributed by atoms with Gasteiger partial charge in [-0.3, -0.25) is 0 Å². The highest BCUT2D eigenvalue weighted by molar-refractivity contribution is 6.31. The number of nitrogens with zero attached hydrogens (tertiary/aromatic N) is 1. The molecule has 0 bridgehead atoms. The molecule has 1 aromatic carbocycles. The molecule has 1 aromatic rings. The number of anilines is 1. The molecule has 1 aliphatic carbocycles. The van der Waals surface area contributed by atoms with Crippen LogP contribution in [-0.4, -0.2) is 20.1 Å². The zero-order valence-electron chi connectivity index (χ0n) is 11.2. The molecule has 0 heterocycles. The van der Waals surface area contributed by atoms with Crippen LogP contribution in [0.2, 0.25) is 5.02 Å². The molecule has 100 valence electrons. The first-order chi connectivity index (χ1) is 8.72. The van der Waals surface area contributed by atoms with E-state index in [0.717, 1.165) is 23.9 Å². The van der Waals surface area contributed by atoms with E-state index in [2.05, 4.69) is 18.0 Å². The Kier molecular flexibility index (Phi) is 4.90. The van der Waals surface area contributed by atoms with Gasteiger partial charge in [-0.1, -0.05) is 30.5 Å². The number of hydrogen-bond donors (Lipinski definition) is 1. The van der Waals surface area contributed by atoms with Gasteiger partial charge in [0.25, 0.3) is 0 Å². The molecule has 0 amide bonds. The largest absolute Gasteiger partial charge is 0.374 e. The van der Waals surface area contributed by atoms with Gasteiger partial charge in [-0.2, -0.15) is 0 Å². The van der Waals surface area contributed by atoms with Gasteiger partial charge in [0.2, 0.25) is 0 Å². The second kappa shape index (κ2) is 6.44. The van der Waals surface area contributed by atoms with Crippen molar-refractivity contribution >= 4 is 17.3 Å². The summed E-state index contributed by atoms with van der Waals surface area (Å²) in [5, 5.41) is 0.844. The Morgan fingerprint density at radius 1 is 1.33 bits per heavy atom. The molecule has 0 unspecified atom stereocenters. The SMILES string of the molecule is CN(CC1CCCC1)c1cccc(Cl)c1CCN. The lowest BCUT2D eigenvalue weighted by Gasteiger charge is -2.26. The van der Waals surface area contributed by atoms with Crippen LogP contribution in [0, 0.1) is 5.92 Å². The maximum atomic E-state index is 6.29. The number of rotatable bonds is 5. The molecular formula is C15H23ClN2. The van der Waals surface area contributed by atoms with E-state index in [0.29, 0.717) is 6.54 Å². The smallest absolute Gasteiger partial charge is 0.0459 e. The van der Waals surface area contributed by atoms with E-state index in [9.17, 15) is 0 Å². The van der Waals surface area contributed by atoms with E-state index in [1.165, 1.54) is 36.9 Å². The monoisotopic (exact) mass is 266 g/mol. The van der Waals surface area contributed by atoms with Gasteiger partial charge in [-0.15, -0.1) is 0 Å². The van der Waals surface area contributed by atoms with Crippen molar-refractivity contribution in [3.05, 3.63) is 28.8 Å². The molecule has 0 aromatic heterocycles. The molecule has 0 atom stereocenters. The maximum absolute atomic E-state index is 6.29. The molecular weight excluding hydrogens is 244 g/mol. The Morgan fingerprint density at radius 3 is 2.72 bits per heavy atom. The van der Waals surface area contributed by atoms with Gasteiger partial charge >= 0.3 is 0 Å². The summed E-state index contributed by atoms with van der Waals surface area (Å²) in [6.07, 6.45) is 6.38. The lowest BCUT2D eigenvalue weighted by Crippen LogP contribution is -2.25. The second-order valence-electron chi connectivity index (χ2n) is 5.31. The zero-order valence-corrected chi connectivity index (χ0v) is 11.9. The molecule has 0 spiro atoms. The third-order valence-electron chi connectivity index (χ3n) is 3.91. The summed E-state index contributed by atoms with van der Waals surface area (Å²) in [6, 6.07) is 6.15. The molecule has 1 fully saturated rings. The van der Waals surface area contributed by atoms with Gasteiger partial charge in [-0.25, -0.2) is 0 Å². The zero-order chi connectivity index (χ0) is 13.0. The van der Waals surface area contributed by atoms with Crippen LogP contribution in [0.25, 0.3) is 0 Å². The molecule has 2 nitrogen and oxygen atoms in total. The summed E-state index contributed by atoms with van der Waals surface area (Å²) >= 11 is 6.29. The minimum Gasteiger partial charge on any atom is -0.374 e. The maximum Gasteiger partial charge on any atom is 0.0459 e. The topological polar surface area (TPSA) is 29.3 Å². The quantitative estimate of drug-likeness (QED) is 0.884. The van der Waals surface area contributed by atoms with E-state index in [-0.39, 0.29) is 0 Å². The fraction of sp³-hybridized carbons (Fsp3) is 0.600. The van der Waals surface area contributed by atoms with Crippen molar-refractivity contribution in [3.8, 4) is 0 Å². The van der Waals surface area contributed by atoms with E-state index < -0.39 is 0 Å². The van der Waals surface area contributed by atoms with E-state index in [1.54, 1.807) is 0 Å². The highest BCUT2D eigenvalue weighted by atomic mass is 35.5. The van der Waals surface area contributed by atoms with Crippen LogP contribution in [0.1, 0.15) is 31.2 Å². The Hall–Kier alpha value is -0.730. The van der Waals surface area contributed by atoms with Gasteiger partial charge in [0.15, 0.2) is 0 Å². The summed E-state index contributed by atoms with van der Waals surface area (Å²) in [5.41, 5.74) is 8.13. The van der Waals surface area contributed by atoms with Crippen molar-refractivity contribution in [2.75, 3.05) is 25.0 Å². The number of hydrogen-bond acceptors (Lipinski definition) is 2. The normalized spacial score (nSPS) is 16.2. The van der Waals surface area contributed by atoms with Gasteiger partial charge in [-0.05, 0) is 49.4 Å². The first-order valence-electron chi connectivity index (χ1n) is 6.91. The predicted molar refractivity (Wildman–Crippen MR) is 79.4 cm³/mol. The number of nitrogens with two attached hydrogens (primary N) is 1. The predicted octanol–water partition coefficient (Wildman–Crippen LogP) is 3.47. The standard InChI is InChI=1S/C15H23ClN2/c1-18(11-12-5-2-3-6-12)15-8-4-7-14(16)13(15)9-10-17/h4,7-8,12H,2-3,5-6,9-11,17H2,1H3. The summed E-state index contributed by atoms with van der Waals surface area (Å²) in [7, 11) is 2.17. The van der Waals surface area contributed by atoms with Crippen LogP contribution >= 0.6 is 11.6 Å². The number of halogens is 1. The average molecular weight is 267 g/mol. The van der Waals surface area contributed by atoms with Crippen LogP contribution in [0.5, 0.6) is 0 Å². The third kappa shape index (κ3) is 3.18. The van der Waals surface area contributed by atoms with E-state index in [4.69, 9.17) is 17.3 Å². The highest BCUT2D eigenvalue weighted by Crippen LogP contribution is 2.30. The fourth-order valence-electron chi connectivity index (χ4n) is 2.98. The lowest BCUT2D eigenvalue weighted by molar-refractivity contribution is 0.546. The van der Waals surface area contributed by atoms with Crippen LogP contribution < -0.4 is 10.6 Å². The van der Waals surface area contributed by atoms with Crippen molar-refractivity contribution in [1.29, 1.82) is 0 Å². The van der Waals surface area contributed by atoms with Crippen LogP contribution in [0.3, 0.4) is 0 Å². The minimum absolute atomic E-state index is 0.647. The summed E-state index contributed by atoms with van der Waals surface area (Å²) in [6.45, 7) is 1.78. The van der Waals surface area contributed by atoms with Gasteiger partial charge in [0.1, 0.15) is 0 Å². The third-order valence-corrected chi connectivity index (χ3v) is 4.26. The van der Waals surface area contributed by atoms with Gasteiger partial charge in [0, 0.05) is 24.3 Å². The molecule has 3 heteroatoms. The van der Waals surface area contributed by atoms with Crippen molar-refractivity contribution in [1.82, 2.24) is 0 Å². The van der Waals surface area contributed by atoms with Crippen LogP contribution in [-0.2, 0) is 6.42 Å². The van der Waals surface area contributed by atoms with Crippen molar-refractivity contribution in [2.24, 2.45) is 11.7 Å². The first-order valence-corrected chi connectivity index (χ1v) is 7.28. The summed E-state index contributed by atoms with van der Waals surface area (Å²) in [5.74, 6) is 0.847. The molecule has 2 rings (SSSR count). The molecule has 18 heavy (non-hydrogen) atoms. The molecule has 1 saturated carbocycles. The van der Waals surface area contributed by atoms with Crippen molar-refractivity contribution < 1.29 is 0 Å². The second-order valence-corrected chi connectivity index (χ2v) is 5.71. The highest BCUT2D eigenvalue weighted by Gasteiger charge is 2.18. The summed E-state index contributed by atoms with van der Waals surface area (Å²) < 4.78 is 0. The average Bonchev–Trinajstić information content (AvgIpc) is 2.84. The molecule has 1 aliphatic rings. The van der Waals surface area contributed by atoms with Crippen LogP contribution in [0.4, 0.5) is 5.69 Å². The molecule has 2 N–H and O–H groups in total. The molecule has 0 aliphatic heterocycles. The van der Waals surface area contributed by atoms with E-state index in [1.807, 2.05) is 12.1 Å². The van der Waals surface area contributed by atoms with Gasteiger partial charge < -0.3 is 10.6 Å². The minimum atomic E-state index is 0.647. The Bertz CT molecular complexity index is 386. The van der Waals surface area contributed by atoms with E-state index >= 15 is 0 Å². The Balaban J connectivity index is 2.12. The fourth-order valence-corrected chi connectivity index (χ4v) is 3.24. The van der Waals surface area contributed by atoms with Crippen molar-refractivity contribution in [3.63, 3.8) is 0 Å². The van der Waals surface area contributed by atoms with Crippen LogP contribution in [0.15, 0.2) is 18.2 Å². The van der Waals surface area contributed by atoms with Gasteiger partial charge in [0.05, 0.1) is 0 Å². The summed E-state index contributed by atoms with van der Waals surface area (Å²) in [4.78, 5) is 2.35. The number of benzene rings is 1. The molecule has 0 radical (unpaired) electrons.